The number of carboxylic acid groups (broad SMARTS) is 1. The molecule has 0 unspecified atom stereocenters. The van der Waals surface area contributed by atoms with Crippen LogP contribution in [0, 0.1) is 0 Å². The third-order valence-corrected chi connectivity index (χ3v) is 7.31. The number of nitrogens with two attached hydrogens (primary N) is 1. The van der Waals surface area contributed by atoms with Gasteiger partial charge < -0.3 is 31.2 Å². The summed E-state index contributed by atoms with van der Waals surface area (Å²) in [6, 6.07) is -0.917. The Hall–Kier alpha value is -4.54. The zero-order valence-corrected chi connectivity index (χ0v) is 24.5. The van der Waals surface area contributed by atoms with Crippen molar-refractivity contribution in [1.29, 1.82) is 0 Å². The molecule has 2 aromatic rings. The number of phenols is 2. The summed E-state index contributed by atoms with van der Waals surface area (Å²) in [5.41, 5.74) is 4.60. The van der Waals surface area contributed by atoms with E-state index < -0.39 is 75.3 Å². The van der Waals surface area contributed by atoms with E-state index >= 15 is 0 Å². The van der Waals surface area contributed by atoms with Gasteiger partial charge in [0.05, 0.1) is 12.1 Å². The van der Waals surface area contributed by atoms with Crippen LogP contribution in [-0.4, -0.2) is 87.2 Å². The molecule has 1 aliphatic heterocycles. The minimum Gasteiger partial charge on any atom is -0.504 e. The number of amides is 5. The molecular formula is C20H21BrN8O11S2. The maximum absolute atomic E-state index is 12.8. The second-order valence-corrected chi connectivity index (χ2v) is 11.8. The molecule has 1 atom stereocenters. The number of hydrogen-bond acceptors (Lipinski definition) is 14. The quantitative estimate of drug-likeness (QED) is 0.0622. The van der Waals surface area contributed by atoms with Gasteiger partial charge in [0.2, 0.25) is 5.60 Å². The first kappa shape index (κ1) is 32.0. The highest BCUT2D eigenvalue weighted by atomic mass is 79.9. The number of aromatic hydroxyl groups is 2. The molecule has 1 aromatic heterocycles. The van der Waals surface area contributed by atoms with Crippen molar-refractivity contribution in [2.75, 3.05) is 12.3 Å². The number of carbonyl (C=O) groups excluding carboxylic acids is 4. The molecule has 1 aliphatic rings. The van der Waals surface area contributed by atoms with E-state index in [4.69, 9.17) is 10.6 Å². The van der Waals surface area contributed by atoms with Crippen LogP contribution in [0.1, 0.15) is 29.9 Å². The molecule has 5 amide bonds. The van der Waals surface area contributed by atoms with E-state index in [0.29, 0.717) is 4.90 Å². The Morgan fingerprint density at radius 3 is 2.45 bits per heavy atom. The number of benzene rings is 1. The molecular weight excluding hydrogens is 672 g/mol. The Bertz CT molecular complexity index is 1610. The van der Waals surface area contributed by atoms with Crippen molar-refractivity contribution < 1.29 is 52.5 Å². The molecule has 19 nitrogen and oxygen atoms in total. The number of hydrogen-bond donors (Lipinski definition) is 8. The van der Waals surface area contributed by atoms with Crippen molar-refractivity contribution in [2.45, 2.75) is 25.5 Å². The lowest BCUT2D eigenvalue weighted by Crippen LogP contribution is -2.68. The van der Waals surface area contributed by atoms with Crippen molar-refractivity contribution in [2.24, 2.45) is 5.16 Å². The van der Waals surface area contributed by atoms with Crippen LogP contribution in [0.15, 0.2) is 27.1 Å². The van der Waals surface area contributed by atoms with Crippen LogP contribution in [0.2, 0.25) is 0 Å². The number of nitrogens with one attached hydrogen (secondary N) is 4. The number of oxime groups is 1. The summed E-state index contributed by atoms with van der Waals surface area (Å²) < 4.78 is 25.9. The van der Waals surface area contributed by atoms with E-state index in [9.17, 15) is 47.7 Å². The number of nitrogen functional groups attached to an aromatic ring is 1. The molecule has 1 aromatic carbocycles. The van der Waals surface area contributed by atoms with Crippen LogP contribution < -0.4 is 26.0 Å². The molecule has 0 spiro atoms. The zero-order chi connectivity index (χ0) is 31.6. The minimum absolute atomic E-state index is 0.00130. The SMILES string of the molecule is CC(C)(ON=C(C(=O)N[C@H]1CN(C(=O)NS(=O)(=O)NNC(=O)c2cc(O)c(O)cc2Br)C1=O)c1csc(N)n1)C(=O)O. The number of carboxylic acids is 1. The molecule has 9 N–H and O–H groups in total. The molecule has 0 radical (unpaired) electrons. The fraction of sp³-hybridized carbons (Fsp3) is 0.250. The van der Waals surface area contributed by atoms with Crippen molar-refractivity contribution in [3.05, 3.63) is 33.2 Å². The van der Waals surface area contributed by atoms with E-state index in [2.05, 4.69) is 31.4 Å². The molecule has 0 aliphatic carbocycles. The number of thiazole rings is 1. The number of aromatic nitrogens is 1. The zero-order valence-electron chi connectivity index (χ0n) is 21.2. The van der Waals surface area contributed by atoms with Gasteiger partial charge in [-0.05, 0) is 41.9 Å². The van der Waals surface area contributed by atoms with E-state index in [0.717, 1.165) is 23.5 Å². The van der Waals surface area contributed by atoms with Gasteiger partial charge in [0.1, 0.15) is 11.7 Å². The fourth-order valence-corrected chi connectivity index (χ4v) is 4.52. The number of carbonyl (C=O) groups is 5. The van der Waals surface area contributed by atoms with Gasteiger partial charge in [0, 0.05) is 9.85 Å². The number of aliphatic carboxylic acids is 1. The van der Waals surface area contributed by atoms with Crippen LogP contribution in [-0.2, 0) is 29.4 Å². The number of β-lactam (4-membered cyclic amide) rings is 1. The highest BCUT2D eigenvalue weighted by Crippen LogP contribution is 2.31. The standard InChI is InChI=1S/C20H21BrN8O11S2/c1-20(2,17(35)36)40-26-13(10-6-41-18(22)24-10)15(33)23-9-5-29(16(9)34)19(37)27-42(38,39)28-25-14(32)7-3-11(30)12(31)4-8(7)21/h3-4,6,9,28,30-31H,5H2,1-2H3,(H2,22,24)(H,23,33)(H,25,32)(H,27,37)(H,35,36)/t9-/m0/s1. The number of likely N-dealkylation sites (tertiary alicyclic amines) is 1. The number of anilines is 1. The molecule has 226 valence electrons. The van der Waals surface area contributed by atoms with Crippen LogP contribution in [0.5, 0.6) is 11.5 Å². The molecule has 0 bridgehead atoms. The van der Waals surface area contributed by atoms with Crippen LogP contribution in [0.4, 0.5) is 9.93 Å². The number of halogens is 1. The second kappa shape index (κ2) is 12.1. The predicted molar refractivity (Wildman–Crippen MR) is 145 cm³/mol. The Morgan fingerprint density at radius 1 is 1.24 bits per heavy atom. The number of imide groups is 1. The topological polar surface area (TPSA) is 292 Å². The summed E-state index contributed by atoms with van der Waals surface area (Å²) in [5.74, 6) is -5.75. The number of nitrogens with zero attached hydrogens (tertiary/aromatic N) is 3. The summed E-state index contributed by atoms with van der Waals surface area (Å²) in [5, 5.41) is 35.3. The summed E-state index contributed by atoms with van der Waals surface area (Å²) in [6.45, 7) is 1.86. The van der Waals surface area contributed by atoms with Gasteiger partial charge in [-0.3, -0.25) is 24.7 Å². The van der Waals surface area contributed by atoms with Gasteiger partial charge in [-0.2, -0.15) is 8.42 Å². The summed E-state index contributed by atoms with van der Waals surface area (Å²) in [7, 11) is -4.77. The lowest BCUT2D eigenvalue weighted by Gasteiger charge is -2.36. The summed E-state index contributed by atoms with van der Waals surface area (Å²) in [6.07, 6.45) is 0. The lowest BCUT2D eigenvalue weighted by molar-refractivity contribution is -0.161. The second-order valence-electron chi connectivity index (χ2n) is 8.68. The van der Waals surface area contributed by atoms with Gasteiger partial charge in [0.15, 0.2) is 22.3 Å². The predicted octanol–water partition coefficient (Wildman–Crippen LogP) is -1.30. The molecule has 2 heterocycles. The number of urea groups is 1. The molecule has 3 rings (SSSR count). The maximum atomic E-state index is 12.8. The normalized spacial score (nSPS) is 15.4. The third kappa shape index (κ3) is 7.39. The monoisotopic (exact) mass is 692 g/mol. The van der Waals surface area contributed by atoms with Gasteiger partial charge in [-0.25, -0.2) is 19.3 Å². The molecule has 42 heavy (non-hydrogen) atoms. The van der Waals surface area contributed by atoms with E-state index in [-0.39, 0.29) is 20.9 Å². The number of rotatable bonds is 10. The van der Waals surface area contributed by atoms with Crippen molar-refractivity contribution >= 4 is 78.0 Å². The Morgan fingerprint density at radius 2 is 1.88 bits per heavy atom. The number of phenolic OH excluding ortho intramolecular Hbond substituents is 2. The molecule has 1 fully saturated rings. The van der Waals surface area contributed by atoms with E-state index in [1.54, 1.807) is 10.3 Å². The lowest BCUT2D eigenvalue weighted by atomic mass is 10.1. The van der Waals surface area contributed by atoms with Crippen molar-refractivity contribution in [3.63, 3.8) is 0 Å². The average Bonchev–Trinajstić information content (AvgIpc) is 3.31. The van der Waals surface area contributed by atoms with E-state index in [1.165, 1.54) is 23.9 Å². The molecule has 0 saturated carbocycles. The molecule has 22 heteroatoms. The van der Waals surface area contributed by atoms with Gasteiger partial charge >= 0.3 is 22.2 Å². The first-order chi connectivity index (χ1) is 19.4. The Balaban J connectivity index is 1.60. The highest BCUT2D eigenvalue weighted by Gasteiger charge is 2.43. The van der Waals surface area contributed by atoms with Gasteiger partial charge in [-0.1, -0.05) is 5.16 Å². The first-order valence-electron chi connectivity index (χ1n) is 11.1. The fourth-order valence-electron chi connectivity index (χ4n) is 2.84. The molecule has 1 saturated heterocycles. The summed E-state index contributed by atoms with van der Waals surface area (Å²) >= 11 is 3.89. The largest absolute Gasteiger partial charge is 0.504 e. The minimum atomic E-state index is -4.77. The third-order valence-electron chi connectivity index (χ3n) is 5.17. The average molecular weight is 693 g/mol. The highest BCUT2D eigenvalue weighted by molar-refractivity contribution is 9.10. The Labute approximate surface area is 248 Å². The smallest absolute Gasteiger partial charge is 0.350 e. The van der Waals surface area contributed by atoms with E-state index in [1.807, 2.05) is 0 Å². The van der Waals surface area contributed by atoms with Gasteiger partial charge in [0.25, 0.3) is 17.7 Å². The first-order valence-corrected chi connectivity index (χ1v) is 14.3. The van der Waals surface area contributed by atoms with Crippen molar-refractivity contribution in [1.82, 2.24) is 30.2 Å². The van der Waals surface area contributed by atoms with Crippen LogP contribution in [0.25, 0.3) is 0 Å². The Kier molecular flexibility index (Phi) is 9.24. The van der Waals surface area contributed by atoms with Crippen LogP contribution >= 0.6 is 27.3 Å². The maximum Gasteiger partial charge on any atom is 0.350 e. The van der Waals surface area contributed by atoms with Gasteiger partial charge in [-0.15, -0.1) is 16.2 Å². The van der Waals surface area contributed by atoms with Crippen molar-refractivity contribution in [3.8, 4) is 11.5 Å². The number of hydrazine groups is 1. The van der Waals surface area contributed by atoms with Crippen LogP contribution in [0.3, 0.4) is 0 Å². The summed E-state index contributed by atoms with van der Waals surface area (Å²) in [4.78, 5) is 72.0.